The third-order valence-corrected chi connectivity index (χ3v) is 3.01. The van der Waals surface area contributed by atoms with Gasteiger partial charge in [0.1, 0.15) is 0 Å². The third-order valence-electron chi connectivity index (χ3n) is 1.68. The Hall–Kier alpha value is -1.03. The van der Waals surface area contributed by atoms with Crippen LogP contribution in [0.15, 0.2) is 17.2 Å². The lowest BCUT2D eigenvalue weighted by molar-refractivity contribution is 0.190. The fraction of sp³-hybridized carbons (Fsp3) is 0.500. The van der Waals surface area contributed by atoms with Crippen LogP contribution in [0.4, 0.5) is 0 Å². The molecule has 0 amide bonds. The standard InChI is InChI=1S/C8H11N3OS/c1-2-6-3-4-8(13-6)7(12)5-10-11-9/h3-4,7,12H,2,5H2,1H3. The lowest BCUT2D eigenvalue weighted by Crippen LogP contribution is -1.97. The number of nitrogens with zero attached hydrogens (tertiary/aromatic N) is 3. The van der Waals surface area contributed by atoms with Crippen LogP contribution in [-0.4, -0.2) is 11.7 Å². The highest BCUT2D eigenvalue weighted by Crippen LogP contribution is 2.23. The largest absolute Gasteiger partial charge is 0.387 e. The molecule has 1 aromatic rings. The van der Waals surface area contributed by atoms with E-state index in [2.05, 4.69) is 16.9 Å². The topological polar surface area (TPSA) is 69.0 Å². The summed E-state index contributed by atoms with van der Waals surface area (Å²) in [6.45, 7) is 2.18. The number of aryl methyl sites for hydroxylation is 1. The number of aliphatic hydroxyl groups is 1. The molecule has 1 N–H and O–H groups in total. The minimum atomic E-state index is -0.652. The summed E-state index contributed by atoms with van der Waals surface area (Å²) in [5, 5.41) is 12.8. The van der Waals surface area contributed by atoms with Gasteiger partial charge in [-0.05, 0) is 24.1 Å². The van der Waals surface area contributed by atoms with Gasteiger partial charge in [-0.3, -0.25) is 0 Å². The number of azide groups is 1. The molecule has 1 heterocycles. The predicted molar refractivity (Wildman–Crippen MR) is 52.7 cm³/mol. The molecule has 0 spiro atoms. The molecule has 0 bridgehead atoms. The summed E-state index contributed by atoms with van der Waals surface area (Å²) in [4.78, 5) is 4.69. The summed E-state index contributed by atoms with van der Waals surface area (Å²) in [5.74, 6) is 0. The Kier molecular flexibility index (Phi) is 3.76. The van der Waals surface area contributed by atoms with Crippen LogP contribution in [0.25, 0.3) is 10.4 Å². The van der Waals surface area contributed by atoms with Crippen molar-refractivity contribution in [2.75, 3.05) is 6.54 Å². The molecular weight excluding hydrogens is 186 g/mol. The maximum absolute atomic E-state index is 9.51. The summed E-state index contributed by atoms with van der Waals surface area (Å²) in [5.41, 5.74) is 8.06. The van der Waals surface area contributed by atoms with Gasteiger partial charge >= 0.3 is 0 Å². The molecule has 70 valence electrons. The van der Waals surface area contributed by atoms with Gasteiger partial charge in [-0.25, -0.2) is 0 Å². The first-order valence-electron chi connectivity index (χ1n) is 4.05. The number of thiophene rings is 1. The molecule has 0 saturated heterocycles. The molecule has 5 heteroatoms. The monoisotopic (exact) mass is 197 g/mol. The Labute approximate surface area is 80.5 Å². The van der Waals surface area contributed by atoms with Crippen LogP contribution < -0.4 is 0 Å². The van der Waals surface area contributed by atoms with E-state index in [9.17, 15) is 5.11 Å². The van der Waals surface area contributed by atoms with Crippen molar-refractivity contribution in [3.63, 3.8) is 0 Å². The Morgan fingerprint density at radius 2 is 2.46 bits per heavy atom. The van der Waals surface area contributed by atoms with Gasteiger partial charge in [0.05, 0.1) is 12.6 Å². The van der Waals surface area contributed by atoms with Crippen LogP contribution in [0.5, 0.6) is 0 Å². The van der Waals surface area contributed by atoms with Crippen LogP contribution in [0.2, 0.25) is 0 Å². The normalized spacial score (nSPS) is 12.2. The maximum Gasteiger partial charge on any atom is 0.0938 e. The Morgan fingerprint density at radius 1 is 1.69 bits per heavy atom. The third kappa shape index (κ3) is 2.73. The first-order chi connectivity index (χ1) is 6.27. The average Bonchev–Trinajstić information content (AvgIpc) is 2.62. The molecule has 0 aliphatic heterocycles. The van der Waals surface area contributed by atoms with E-state index in [1.807, 2.05) is 12.1 Å². The molecular formula is C8H11N3OS. The molecule has 0 aliphatic rings. The van der Waals surface area contributed by atoms with Gasteiger partial charge in [0, 0.05) is 14.7 Å². The van der Waals surface area contributed by atoms with Gasteiger partial charge in [-0.2, -0.15) is 0 Å². The zero-order valence-electron chi connectivity index (χ0n) is 7.34. The predicted octanol–water partition coefficient (Wildman–Crippen LogP) is 2.65. The zero-order chi connectivity index (χ0) is 9.68. The summed E-state index contributed by atoms with van der Waals surface area (Å²) >= 11 is 1.56. The van der Waals surface area contributed by atoms with Crippen molar-refractivity contribution in [1.82, 2.24) is 0 Å². The second-order valence-corrected chi connectivity index (χ2v) is 3.79. The van der Waals surface area contributed by atoms with Gasteiger partial charge < -0.3 is 5.11 Å². The minimum Gasteiger partial charge on any atom is -0.387 e. The number of hydrogen-bond donors (Lipinski definition) is 1. The van der Waals surface area contributed by atoms with E-state index in [0.29, 0.717) is 0 Å². The van der Waals surface area contributed by atoms with E-state index in [4.69, 9.17) is 5.53 Å². The SMILES string of the molecule is CCc1ccc(C(O)CN=[N+]=[N-])s1. The van der Waals surface area contributed by atoms with Gasteiger partial charge in [-0.1, -0.05) is 12.0 Å². The van der Waals surface area contributed by atoms with E-state index < -0.39 is 6.10 Å². The molecule has 1 rings (SSSR count). The number of aliphatic hydroxyl groups excluding tert-OH is 1. The van der Waals surface area contributed by atoms with E-state index >= 15 is 0 Å². The van der Waals surface area contributed by atoms with Crippen molar-refractivity contribution in [3.05, 3.63) is 32.3 Å². The van der Waals surface area contributed by atoms with E-state index in [0.717, 1.165) is 11.3 Å². The zero-order valence-corrected chi connectivity index (χ0v) is 8.16. The van der Waals surface area contributed by atoms with Crippen LogP contribution in [-0.2, 0) is 6.42 Å². The summed E-state index contributed by atoms with van der Waals surface area (Å²) < 4.78 is 0. The molecule has 4 nitrogen and oxygen atoms in total. The van der Waals surface area contributed by atoms with Crippen LogP contribution >= 0.6 is 11.3 Å². The lowest BCUT2D eigenvalue weighted by atomic mass is 10.3. The Bertz CT molecular complexity index is 317. The molecule has 0 aliphatic carbocycles. The van der Waals surface area contributed by atoms with Crippen molar-refractivity contribution >= 4 is 11.3 Å². The molecule has 1 atom stereocenters. The first-order valence-corrected chi connectivity index (χ1v) is 4.87. The van der Waals surface area contributed by atoms with Crippen molar-refractivity contribution < 1.29 is 5.11 Å². The number of hydrogen-bond acceptors (Lipinski definition) is 3. The molecule has 0 radical (unpaired) electrons. The molecule has 1 unspecified atom stereocenters. The van der Waals surface area contributed by atoms with Gasteiger partial charge in [0.15, 0.2) is 0 Å². The summed E-state index contributed by atoms with van der Waals surface area (Å²) in [6.07, 6.45) is 0.319. The molecule has 0 aromatic carbocycles. The Balaban J connectivity index is 2.65. The highest BCUT2D eigenvalue weighted by atomic mass is 32.1. The molecule has 1 aromatic heterocycles. The highest BCUT2D eigenvalue weighted by Gasteiger charge is 2.08. The van der Waals surface area contributed by atoms with E-state index in [1.165, 1.54) is 4.88 Å². The fourth-order valence-electron chi connectivity index (χ4n) is 0.967. The summed E-state index contributed by atoms with van der Waals surface area (Å²) in [7, 11) is 0. The summed E-state index contributed by atoms with van der Waals surface area (Å²) in [6, 6.07) is 3.86. The second-order valence-electron chi connectivity index (χ2n) is 2.59. The van der Waals surface area contributed by atoms with Gasteiger partial charge in [0.2, 0.25) is 0 Å². The smallest absolute Gasteiger partial charge is 0.0938 e. The van der Waals surface area contributed by atoms with Crippen LogP contribution in [0.1, 0.15) is 22.8 Å². The van der Waals surface area contributed by atoms with Crippen molar-refractivity contribution in [2.24, 2.45) is 5.11 Å². The lowest BCUT2D eigenvalue weighted by Gasteiger charge is -2.02. The fourth-order valence-corrected chi connectivity index (χ4v) is 1.90. The quantitative estimate of drug-likeness (QED) is 0.450. The van der Waals surface area contributed by atoms with Crippen LogP contribution in [0.3, 0.4) is 0 Å². The van der Waals surface area contributed by atoms with Gasteiger partial charge in [-0.15, -0.1) is 11.3 Å². The van der Waals surface area contributed by atoms with E-state index in [-0.39, 0.29) is 6.54 Å². The molecule has 13 heavy (non-hydrogen) atoms. The Morgan fingerprint density at radius 3 is 3.00 bits per heavy atom. The van der Waals surface area contributed by atoms with E-state index in [1.54, 1.807) is 11.3 Å². The number of rotatable bonds is 4. The molecule has 0 fully saturated rings. The van der Waals surface area contributed by atoms with Crippen molar-refractivity contribution in [1.29, 1.82) is 0 Å². The van der Waals surface area contributed by atoms with Crippen molar-refractivity contribution in [2.45, 2.75) is 19.4 Å². The minimum absolute atomic E-state index is 0.111. The molecule has 0 saturated carbocycles. The first kappa shape index (κ1) is 10.1. The average molecular weight is 197 g/mol. The highest BCUT2D eigenvalue weighted by molar-refractivity contribution is 7.12. The second kappa shape index (κ2) is 4.87. The maximum atomic E-state index is 9.51. The van der Waals surface area contributed by atoms with Gasteiger partial charge in [0.25, 0.3) is 0 Å². The van der Waals surface area contributed by atoms with Crippen LogP contribution in [0, 0.1) is 0 Å². The van der Waals surface area contributed by atoms with Crippen molar-refractivity contribution in [3.8, 4) is 0 Å².